The lowest BCUT2D eigenvalue weighted by molar-refractivity contribution is -0.155. The van der Waals surface area contributed by atoms with Gasteiger partial charge in [-0.25, -0.2) is 9.97 Å². The Bertz CT molecular complexity index is 2250. The fraction of sp³-hybridized carbons (Fsp3) is 0.405. The van der Waals surface area contributed by atoms with Crippen LogP contribution in [0.4, 0.5) is 11.5 Å². The van der Waals surface area contributed by atoms with Gasteiger partial charge in [0.25, 0.3) is 0 Å². The van der Waals surface area contributed by atoms with E-state index in [-0.39, 0.29) is 11.9 Å². The molecular formula is C42H45Cl2N7O3S. The normalized spacial score (nSPS) is 22.2. The molecule has 5 N–H and O–H groups in total. The summed E-state index contributed by atoms with van der Waals surface area (Å²) in [5.74, 6) is 0.498. The summed E-state index contributed by atoms with van der Waals surface area (Å²) in [5.41, 5.74) is 6.25. The van der Waals surface area contributed by atoms with Gasteiger partial charge in [-0.2, -0.15) is 0 Å². The Labute approximate surface area is 334 Å². The summed E-state index contributed by atoms with van der Waals surface area (Å²) in [6.45, 7) is 4.13. The van der Waals surface area contributed by atoms with Crippen molar-refractivity contribution in [2.24, 2.45) is 11.3 Å². The summed E-state index contributed by atoms with van der Waals surface area (Å²) in [6, 6.07) is 18.3. The minimum absolute atomic E-state index is 0.121. The van der Waals surface area contributed by atoms with Crippen LogP contribution >= 0.6 is 34.5 Å². The number of nitrogens with zero attached hydrogens (tertiary/aromatic N) is 3. The summed E-state index contributed by atoms with van der Waals surface area (Å²) < 4.78 is 1.02. The van der Waals surface area contributed by atoms with Gasteiger partial charge in [0.2, 0.25) is 5.91 Å². The number of anilines is 2. The van der Waals surface area contributed by atoms with E-state index in [2.05, 4.69) is 39.2 Å². The SMILES string of the molecule is CCc1nc(-c2cccc(-c3cccc(Nc4nccc5sc(CNC6CCC7(C(=O)O)CCCC6C7)nc45)c3Cl)c2Cl)ccc1CNC[C@@H]1CCC(=O)N1. The first-order valence-electron chi connectivity index (χ1n) is 19.3. The molecule has 0 spiro atoms. The lowest BCUT2D eigenvalue weighted by atomic mass is 9.60. The number of amides is 1. The molecule has 1 saturated heterocycles. The van der Waals surface area contributed by atoms with E-state index in [0.717, 1.165) is 107 Å². The second kappa shape index (κ2) is 16.2. The first kappa shape index (κ1) is 37.8. The number of carboxylic acid groups (broad SMARTS) is 1. The molecular weight excluding hydrogens is 753 g/mol. The Morgan fingerprint density at radius 3 is 2.60 bits per heavy atom. The van der Waals surface area contributed by atoms with Crippen molar-refractivity contribution in [3.05, 3.63) is 87.1 Å². The maximum Gasteiger partial charge on any atom is 0.309 e. The second-order valence-electron chi connectivity index (χ2n) is 15.1. The Morgan fingerprint density at radius 1 is 0.982 bits per heavy atom. The van der Waals surface area contributed by atoms with Gasteiger partial charge in [-0.3, -0.25) is 14.6 Å². The first-order chi connectivity index (χ1) is 26.7. The fourth-order valence-electron chi connectivity index (χ4n) is 8.76. The van der Waals surface area contributed by atoms with Crippen molar-refractivity contribution in [3.8, 4) is 22.4 Å². The van der Waals surface area contributed by atoms with Crippen molar-refractivity contribution < 1.29 is 14.7 Å². The van der Waals surface area contributed by atoms with Crippen LogP contribution in [0, 0.1) is 11.3 Å². The quantitative estimate of drug-likeness (QED) is 0.0790. The molecule has 8 rings (SSSR count). The number of thiazole rings is 1. The smallest absolute Gasteiger partial charge is 0.309 e. The lowest BCUT2D eigenvalue weighted by Crippen LogP contribution is -2.49. The lowest BCUT2D eigenvalue weighted by Gasteiger charge is -2.46. The summed E-state index contributed by atoms with van der Waals surface area (Å²) >= 11 is 15.9. The zero-order valence-electron chi connectivity index (χ0n) is 30.8. The van der Waals surface area contributed by atoms with Gasteiger partial charge >= 0.3 is 5.97 Å². The van der Waals surface area contributed by atoms with Crippen LogP contribution in [0.1, 0.15) is 74.6 Å². The molecule has 10 nitrogen and oxygen atoms in total. The molecule has 3 aliphatic rings. The summed E-state index contributed by atoms with van der Waals surface area (Å²) in [4.78, 5) is 38.3. The van der Waals surface area contributed by atoms with E-state index >= 15 is 0 Å². The van der Waals surface area contributed by atoms with E-state index in [1.54, 1.807) is 17.5 Å². The molecule has 2 bridgehead atoms. The van der Waals surface area contributed by atoms with Gasteiger partial charge in [-0.1, -0.05) is 72.9 Å². The minimum atomic E-state index is -0.626. The van der Waals surface area contributed by atoms with E-state index in [1.165, 1.54) is 0 Å². The highest BCUT2D eigenvalue weighted by molar-refractivity contribution is 7.18. The van der Waals surface area contributed by atoms with Gasteiger partial charge in [0, 0.05) is 66.7 Å². The fourth-order valence-corrected chi connectivity index (χ4v) is 10.3. The van der Waals surface area contributed by atoms with Crippen LogP contribution in [0.2, 0.25) is 10.0 Å². The number of nitrogens with one attached hydrogen (secondary N) is 4. The Hall–Kier alpha value is -4.13. The summed E-state index contributed by atoms with van der Waals surface area (Å²) in [6.07, 6.45) is 9.24. The highest BCUT2D eigenvalue weighted by Crippen LogP contribution is 2.49. The third-order valence-corrected chi connectivity index (χ3v) is 13.6. The second-order valence-corrected chi connectivity index (χ2v) is 17.0. The maximum atomic E-state index is 12.1. The molecule has 0 radical (unpaired) electrons. The van der Waals surface area contributed by atoms with Gasteiger partial charge in [0.1, 0.15) is 10.5 Å². The van der Waals surface area contributed by atoms with Crippen LogP contribution in [0.15, 0.2) is 60.8 Å². The Kier molecular flexibility index (Phi) is 11.1. The Morgan fingerprint density at radius 2 is 1.80 bits per heavy atom. The van der Waals surface area contributed by atoms with E-state index in [0.29, 0.717) is 53.0 Å². The Balaban J connectivity index is 0.976. The molecule has 4 atom stereocenters. The van der Waals surface area contributed by atoms with Crippen molar-refractivity contribution in [1.82, 2.24) is 30.9 Å². The maximum absolute atomic E-state index is 12.1. The molecule has 13 heteroatoms. The van der Waals surface area contributed by atoms with Crippen LogP contribution in [-0.2, 0) is 29.1 Å². The zero-order valence-corrected chi connectivity index (χ0v) is 33.1. The number of fused-ring (bicyclic) bond motifs is 3. The van der Waals surface area contributed by atoms with E-state index in [1.807, 2.05) is 48.5 Å². The zero-order chi connectivity index (χ0) is 38.1. The van der Waals surface area contributed by atoms with Crippen LogP contribution in [0.3, 0.4) is 0 Å². The van der Waals surface area contributed by atoms with Crippen molar-refractivity contribution >= 4 is 68.1 Å². The number of carbonyl (C=O) groups is 2. The minimum Gasteiger partial charge on any atom is -0.481 e. The molecule has 1 amide bonds. The molecule has 2 aliphatic carbocycles. The van der Waals surface area contributed by atoms with Gasteiger partial charge in [0.15, 0.2) is 5.82 Å². The molecule has 5 aromatic rings. The molecule has 55 heavy (non-hydrogen) atoms. The van der Waals surface area contributed by atoms with Crippen molar-refractivity contribution in [3.63, 3.8) is 0 Å². The average molecular weight is 799 g/mol. The molecule has 3 aromatic heterocycles. The number of hydrogen-bond donors (Lipinski definition) is 5. The number of carbonyl (C=O) groups excluding carboxylic acids is 1. The van der Waals surface area contributed by atoms with E-state index in [9.17, 15) is 14.7 Å². The average Bonchev–Trinajstić information content (AvgIpc) is 3.81. The molecule has 3 unspecified atom stereocenters. The highest BCUT2D eigenvalue weighted by Gasteiger charge is 2.48. The standard InChI is InChI=1S/C42H45Cl2N7O3S/c1-2-30-25(21-45-22-26-12-14-35(52)48-26)11-13-32(49-30)29-9-3-7-27(37(29)43)28-8-4-10-33(38(28)44)50-40-39-34(16-19-46-40)55-36(51-39)23-47-31-15-18-42(41(53)54)17-5-6-24(31)20-42/h3-4,7-11,13,16,19,24,26,31,45,47H,2,5-6,12,14-15,17-18,20-23H2,1H3,(H,46,50)(H,48,52)(H,53,54)/t24?,26-,31?,42?/m0/s1. The number of carboxylic acids is 1. The summed E-state index contributed by atoms with van der Waals surface area (Å²) in [5, 5.41) is 25.6. The predicted octanol–water partition coefficient (Wildman–Crippen LogP) is 8.91. The van der Waals surface area contributed by atoms with Gasteiger partial charge in [0.05, 0.1) is 31.5 Å². The number of aromatic nitrogens is 3. The number of benzene rings is 2. The molecule has 4 heterocycles. The van der Waals surface area contributed by atoms with Crippen molar-refractivity contribution in [1.29, 1.82) is 0 Å². The predicted molar refractivity (Wildman–Crippen MR) is 220 cm³/mol. The molecule has 1 aliphatic heterocycles. The first-order valence-corrected chi connectivity index (χ1v) is 20.8. The number of aliphatic carboxylic acids is 1. The van der Waals surface area contributed by atoms with Crippen molar-refractivity contribution in [2.45, 2.75) is 89.9 Å². The molecule has 2 aromatic carbocycles. The monoisotopic (exact) mass is 797 g/mol. The number of hydrogen-bond acceptors (Lipinski definition) is 9. The van der Waals surface area contributed by atoms with Crippen LogP contribution in [0.25, 0.3) is 32.6 Å². The number of aryl methyl sites for hydroxylation is 1. The number of rotatable bonds is 13. The third kappa shape index (κ3) is 7.82. The molecule has 3 fully saturated rings. The molecule has 2 saturated carbocycles. The number of pyridine rings is 2. The highest BCUT2D eigenvalue weighted by atomic mass is 35.5. The van der Waals surface area contributed by atoms with Crippen LogP contribution in [0.5, 0.6) is 0 Å². The largest absolute Gasteiger partial charge is 0.481 e. The molecule has 286 valence electrons. The van der Waals surface area contributed by atoms with Crippen molar-refractivity contribution in [2.75, 3.05) is 11.9 Å². The van der Waals surface area contributed by atoms with Crippen LogP contribution < -0.4 is 21.3 Å². The van der Waals surface area contributed by atoms with Crippen LogP contribution in [-0.4, -0.2) is 50.6 Å². The van der Waals surface area contributed by atoms with Gasteiger partial charge in [-0.15, -0.1) is 11.3 Å². The van der Waals surface area contributed by atoms with E-state index < -0.39 is 11.4 Å². The topological polar surface area (TPSA) is 141 Å². The summed E-state index contributed by atoms with van der Waals surface area (Å²) in [7, 11) is 0. The van der Waals surface area contributed by atoms with Gasteiger partial charge in [-0.05, 0) is 74.6 Å². The van der Waals surface area contributed by atoms with Gasteiger partial charge < -0.3 is 26.4 Å². The third-order valence-electron chi connectivity index (χ3n) is 11.7. The number of halogens is 2. The van der Waals surface area contributed by atoms with E-state index in [4.69, 9.17) is 33.2 Å².